The van der Waals surface area contributed by atoms with Crippen molar-refractivity contribution in [2.24, 2.45) is 20.5 Å². The van der Waals surface area contributed by atoms with Crippen molar-refractivity contribution >= 4 is 116 Å². The zero-order valence-electron chi connectivity index (χ0n) is 31.3. The Balaban J connectivity index is 0.00000449. The van der Waals surface area contributed by atoms with Crippen LogP contribution in [0.2, 0.25) is 0 Å². The van der Waals surface area contributed by atoms with Gasteiger partial charge in [-0.15, -0.1) is 20.5 Å². The summed E-state index contributed by atoms with van der Waals surface area (Å²) in [4.78, 5) is -7.26. The fourth-order valence-electron chi connectivity index (χ4n) is 5.81. The minimum absolute atomic E-state index is 0. The quantitative estimate of drug-likeness (QED) is 0.0386. The molecule has 0 aliphatic rings. The van der Waals surface area contributed by atoms with Gasteiger partial charge >= 0.3 is 59.1 Å². The Morgan fingerprint density at radius 2 is 0.641 bits per heavy atom. The van der Waals surface area contributed by atoms with Crippen molar-refractivity contribution in [1.82, 2.24) is 0 Å². The number of benzene rings is 6. The third-order valence-corrected chi connectivity index (χ3v) is 13.5. The minimum atomic E-state index is -5.62. The van der Waals surface area contributed by atoms with Crippen LogP contribution in [0.1, 0.15) is 0 Å². The van der Waals surface area contributed by atoms with Crippen LogP contribution in [0.4, 0.5) is 22.7 Å². The Kier molecular flexibility index (Phi) is 14.5. The molecule has 0 spiro atoms. The summed E-state index contributed by atoms with van der Waals surface area (Å²) in [5, 5.41) is 57.8. The largest absolute Gasteiger partial charge is 1.00 e. The van der Waals surface area contributed by atoms with Gasteiger partial charge in [-0.05, 0) is 76.8 Å². The Labute approximate surface area is 402 Å². The second-order valence-electron chi connectivity index (χ2n) is 12.4. The van der Waals surface area contributed by atoms with Gasteiger partial charge in [0.2, 0.25) is 0 Å². The van der Waals surface area contributed by atoms with Crippen LogP contribution in [-0.4, -0.2) is 88.0 Å². The van der Waals surface area contributed by atoms with E-state index in [2.05, 4.69) is 20.5 Å². The summed E-state index contributed by atoms with van der Waals surface area (Å²) in [7, 11) is -32.0. The zero-order chi connectivity index (χ0) is 46.4. The average molecular weight is 1020 g/mol. The molecule has 0 atom stereocenters. The molecule has 26 nitrogen and oxygen atoms in total. The maximum atomic E-state index is 13.0. The summed E-state index contributed by atoms with van der Waals surface area (Å²) in [5.74, 6) is -5.59. The van der Waals surface area contributed by atoms with E-state index >= 15 is 0 Å². The molecule has 0 heterocycles. The van der Waals surface area contributed by atoms with Crippen LogP contribution >= 0.6 is 0 Å². The molecule has 34 heteroatoms. The molecule has 0 saturated heterocycles. The van der Waals surface area contributed by atoms with Crippen LogP contribution in [0.3, 0.4) is 0 Å². The van der Waals surface area contributed by atoms with E-state index in [-0.39, 0.29) is 59.1 Å². The fraction of sp³-hybridized carbons (Fsp3) is 0. The van der Waals surface area contributed by atoms with Crippen molar-refractivity contribution in [1.29, 1.82) is 0 Å². The van der Waals surface area contributed by atoms with Gasteiger partial charge in [-0.2, -0.15) is 50.5 Å². The monoisotopic (exact) mass is 1020 g/mol. The molecule has 6 rings (SSSR count). The number of phenolic OH excluding ortho intramolecular Hbond substituents is 2. The van der Waals surface area contributed by atoms with Gasteiger partial charge in [0.25, 0.3) is 60.7 Å². The number of azo groups is 2. The van der Waals surface area contributed by atoms with Crippen molar-refractivity contribution in [3.05, 3.63) is 60.7 Å². The van der Waals surface area contributed by atoms with Crippen LogP contribution in [0.15, 0.2) is 110 Å². The predicted molar refractivity (Wildman–Crippen MR) is 201 cm³/mol. The van der Waals surface area contributed by atoms with E-state index in [1.807, 2.05) is 0 Å². The third-order valence-electron chi connectivity index (χ3n) is 8.39. The maximum absolute atomic E-state index is 13.0. The summed E-state index contributed by atoms with van der Waals surface area (Å²) >= 11 is 0. The van der Waals surface area contributed by atoms with Gasteiger partial charge in [0.05, 0.1) is 36.3 Å². The van der Waals surface area contributed by atoms with E-state index in [4.69, 9.17) is 0 Å². The normalized spacial score (nSPS) is 13.2. The molecule has 6 aromatic rings. The van der Waals surface area contributed by atoms with Crippen molar-refractivity contribution < 1.29 is 157 Å². The average Bonchev–Trinajstić information content (AvgIpc) is 3.10. The molecule has 6 aromatic carbocycles. The van der Waals surface area contributed by atoms with Crippen LogP contribution in [0.25, 0.3) is 32.3 Å². The maximum Gasteiger partial charge on any atom is 1.00 e. The Morgan fingerprint density at radius 1 is 0.359 bits per heavy atom. The summed E-state index contributed by atoms with van der Waals surface area (Å²) in [6.45, 7) is 0. The molecular formula is C30H18N4Na2O22S6. The molecule has 0 saturated carbocycles. The number of nitrogens with zero attached hydrogens (tertiary/aromatic N) is 4. The van der Waals surface area contributed by atoms with Gasteiger partial charge in [0.1, 0.15) is 21.2 Å². The molecule has 0 aliphatic carbocycles. The van der Waals surface area contributed by atoms with Gasteiger partial charge in [-0.25, -0.2) is 0 Å². The fourth-order valence-corrected chi connectivity index (χ4v) is 9.26. The Bertz CT molecular complexity index is 3790. The first-order valence-corrected chi connectivity index (χ1v) is 24.1. The van der Waals surface area contributed by atoms with Crippen LogP contribution in [0, 0.1) is 0 Å². The molecule has 328 valence electrons. The van der Waals surface area contributed by atoms with Crippen LogP contribution < -0.4 is 69.3 Å². The number of phenols is 2. The van der Waals surface area contributed by atoms with Crippen LogP contribution in [-0.2, 0) is 60.7 Å². The molecule has 8 N–H and O–H groups in total. The standard InChI is InChI=1S/C30H20N4O22S6.2Na/c35-20-9-16(59(45,46)47)2-11-1-14(57(39,40)41)7-18(24(11)20)31-33-27-22(61(51,52)53)5-12-3-15(58(42,43)44)8-19(25(12)29(27)37)32-34-28-23(62(54,55)56)6-13-4-17(60(48,49)50)10-21(36)26(13)30(28)38;;/h1-10,35-38H,(H,39,40,41)(H,42,43,44)(H,45,46,47)(H,48,49,50)(H,51,52,53)(H,54,55,56);;/q;2*+1/p-2. The first kappa shape index (κ1) is 52.6. The van der Waals surface area contributed by atoms with Crippen molar-refractivity contribution in [2.75, 3.05) is 0 Å². The predicted octanol–water partition coefficient (Wildman–Crippen LogP) is -2.98. The van der Waals surface area contributed by atoms with E-state index in [0.29, 0.717) is 60.7 Å². The minimum Gasteiger partial charge on any atom is -0.872 e. The number of rotatable bonds is 10. The SMILES string of the molecule is O=S(=O)(O)c1cc([O-])c2c(N=Nc3c(S(=O)(=O)O)cc4cc(S(=O)(=O)O)cc(N=Nc5c(S(=O)(=O)O)cc6cc(S(=O)(=O)O)cc([O-])c6c5O)c4c3O)cc(S(=O)(=O)O)cc2c1.[Na+].[Na+]. The Hall–Kier alpha value is -4.04. The molecule has 0 radical (unpaired) electrons. The first-order chi connectivity index (χ1) is 28.2. The molecule has 0 amide bonds. The topological polar surface area (TPSA) is 462 Å². The van der Waals surface area contributed by atoms with Gasteiger partial charge in [-0.3, -0.25) is 27.3 Å². The van der Waals surface area contributed by atoms with Crippen molar-refractivity contribution in [3.63, 3.8) is 0 Å². The third kappa shape index (κ3) is 10.5. The molecule has 0 aromatic heterocycles. The summed E-state index contributed by atoms with van der Waals surface area (Å²) in [6.07, 6.45) is 0. The molecular weight excluding hydrogens is 1010 g/mol. The van der Waals surface area contributed by atoms with E-state index in [1.165, 1.54) is 0 Å². The van der Waals surface area contributed by atoms with E-state index in [0.717, 1.165) is 0 Å². The summed E-state index contributed by atoms with van der Waals surface area (Å²) < 4.78 is 204. The van der Waals surface area contributed by atoms with Gasteiger partial charge in [0.15, 0.2) is 11.5 Å². The van der Waals surface area contributed by atoms with Crippen molar-refractivity contribution in [3.8, 4) is 23.0 Å². The molecule has 0 aliphatic heterocycles. The van der Waals surface area contributed by atoms with Crippen molar-refractivity contribution in [2.45, 2.75) is 29.4 Å². The molecule has 64 heavy (non-hydrogen) atoms. The zero-order valence-corrected chi connectivity index (χ0v) is 40.2. The summed E-state index contributed by atoms with van der Waals surface area (Å²) in [6, 6.07) is 4.39. The molecule has 0 unspecified atom stereocenters. The second-order valence-corrected chi connectivity index (χ2v) is 20.9. The summed E-state index contributed by atoms with van der Waals surface area (Å²) in [5.41, 5.74) is -4.61. The molecule has 0 fully saturated rings. The van der Waals surface area contributed by atoms with E-state index in [1.54, 1.807) is 0 Å². The van der Waals surface area contributed by atoms with Gasteiger partial charge in [0, 0.05) is 10.8 Å². The van der Waals surface area contributed by atoms with Gasteiger partial charge in [-0.1, -0.05) is 11.5 Å². The molecule has 0 bridgehead atoms. The number of hydrogen-bond donors (Lipinski definition) is 8. The number of aromatic hydroxyl groups is 2. The first-order valence-electron chi connectivity index (χ1n) is 15.5. The Morgan fingerprint density at radius 3 is 0.984 bits per heavy atom. The number of fused-ring (bicyclic) bond motifs is 3. The van der Waals surface area contributed by atoms with E-state index in [9.17, 15) is 98.2 Å². The smallest absolute Gasteiger partial charge is 0.872 e. The van der Waals surface area contributed by atoms with Crippen LogP contribution in [0.5, 0.6) is 23.0 Å². The van der Waals surface area contributed by atoms with Gasteiger partial charge < -0.3 is 20.4 Å². The van der Waals surface area contributed by atoms with E-state index < -0.39 is 168 Å². The second kappa shape index (κ2) is 17.6. The number of hydrogen-bond acceptors (Lipinski definition) is 20.